The maximum Gasteiger partial charge on any atom is 0.320 e. The number of piperazine rings is 1. The molecular weight excluding hydrogens is 427 g/mol. The third-order valence-electron chi connectivity index (χ3n) is 7.53. The highest BCUT2D eigenvalue weighted by Gasteiger charge is 2.45. The topological polar surface area (TPSA) is 73.4 Å². The predicted molar refractivity (Wildman–Crippen MR) is 118 cm³/mol. The standard InChI is InChI=1S/C24H31FN4O4/c25-19-4-6-20(7-5-19)33-16-23(31)26-8-10-27(11-9-26)24(32)28-13-17-12-18(15-28)21-2-1-3-22(30)29(21)14-17/h4-7,17-18,21H,1-3,8-16H2/t17-,18-,21-/m1/s1. The number of halogens is 1. The number of ether oxygens (including phenoxy) is 1. The van der Waals surface area contributed by atoms with E-state index >= 15 is 0 Å². The summed E-state index contributed by atoms with van der Waals surface area (Å²) in [6.45, 7) is 4.05. The second-order valence-corrected chi connectivity index (χ2v) is 9.67. The first-order chi connectivity index (χ1) is 16.0. The lowest BCUT2D eigenvalue weighted by Crippen LogP contribution is -2.63. The molecule has 4 fully saturated rings. The lowest BCUT2D eigenvalue weighted by Gasteiger charge is -2.53. The summed E-state index contributed by atoms with van der Waals surface area (Å²) in [4.78, 5) is 45.7. The number of piperidine rings is 3. The Labute approximate surface area is 193 Å². The van der Waals surface area contributed by atoms with Gasteiger partial charge in [0, 0.05) is 58.3 Å². The van der Waals surface area contributed by atoms with Crippen LogP contribution in [0.25, 0.3) is 0 Å². The molecule has 0 radical (unpaired) electrons. The number of hydrogen-bond acceptors (Lipinski definition) is 4. The molecular formula is C24H31FN4O4. The molecule has 3 atom stereocenters. The molecule has 9 heteroatoms. The summed E-state index contributed by atoms with van der Waals surface area (Å²) >= 11 is 0. The summed E-state index contributed by atoms with van der Waals surface area (Å²) in [5.74, 6) is 0.976. The van der Waals surface area contributed by atoms with Crippen molar-refractivity contribution in [3.05, 3.63) is 30.1 Å². The average molecular weight is 459 g/mol. The van der Waals surface area contributed by atoms with Crippen LogP contribution in [-0.2, 0) is 9.59 Å². The molecule has 178 valence electrons. The van der Waals surface area contributed by atoms with Gasteiger partial charge in [0.15, 0.2) is 6.61 Å². The largest absolute Gasteiger partial charge is 0.484 e. The van der Waals surface area contributed by atoms with Crippen molar-refractivity contribution in [1.29, 1.82) is 0 Å². The third kappa shape index (κ3) is 4.63. The van der Waals surface area contributed by atoms with E-state index < -0.39 is 0 Å². The minimum absolute atomic E-state index is 0.0509. The Bertz CT molecular complexity index is 902. The molecule has 4 amide bonds. The Morgan fingerprint density at radius 2 is 1.70 bits per heavy atom. The van der Waals surface area contributed by atoms with Crippen LogP contribution in [-0.4, -0.2) is 95.9 Å². The molecule has 0 N–H and O–H groups in total. The van der Waals surface area contributed by atoms with Crippen LogP contribution in [0, 0.1) is 17.7 Å². The number of amides is 4. The van der Waals surface area contributed by atoms with Crippen molar-refractivity contribution in [3.8, 4) is 5.75 Å². The smallest absolute Gasteiger partial charge is 0.320 e. The number of carbonyl (C=O) groups excluding carboxylic acids is 3. The molecule has 0 spiro atoms. The fourth-order valence-electron chi connectivity index (χ4n) is 5.88. The summed E-state index contributed by atoms with van der Waals surface area (Å²) in [5.41, 5.74) is 0. The van der Waals surface area contributed by atoms with E-state index in [4.69, 9.17) is 4.74 Å². The van der Waals surface area contributed by atoms with Gasteiger partial charge in [-0.2, -0.15) is 0 Å². The van der Waals surface area contributed by atoms with Gasteiger partial charge < -0.3 is 24.3 Å². The first-order valence-electron chi connectivity index (χ1n) is 12.0. The molecule has 0 unspecified atom stereocenters. The molecule has 0 saturated carbocycles. The first-order valence-corrected chi connectivity index (χ1v) is 12.0. The second-order valence-electron chi connectivity index (χ2n) is 9.67. The summed E-state index contributed by atoms with van der Waals surface area (Å²) in [5, 5.41) is 0. The van der Waals surface area contributed by atoms with Crippen molar-refractivity contribution >= 4 is 17.8 Å². The second kappa shape index (κ2) is 9.19. The Morgan fingerprint density at radius 1 is 0.970 bits per heavy atom. The van der Waals surface area contributed by atoms with E-state index in [0.29, 0.717) is 63.3 Å². The van der Waals surface area contributed by atoms with Gasteiger partial charge in [0.1, 0.15) is 11.6 Å². The Morgan fingerprint density at radius 3 is 2.45 bits per heavy atom. The Balaban J connectivity index is 1.11. The number of benzene rings is 1. The van der Waals surface area contributed by atoms with Gasteiger partial charge in [0.2, 0.25) is 5.91 Å². The van der Waals surface area contributed by atoms with Crippen molar-refractivity contribution in [2.45, 2.75) is 31.7 Å². The molecule has 1 aromatic carbocycles. The number of fused-ring (bicyclic) bond motifs is 4. The summed E-state index contributed by atoms with van der Waals surface area (Å²) < 4.78 is 18.5. The molecule has 4 heterocycles. The predicted octanol–water partition coefficient (Wildman–Crippen LogP) is 1.80. The van der Waals surface area contributed by atoms with Crippen LogP contribution in [0.3, 0.4) is 0 Å². The highest BCUT2D eigenvalue weighted by Crippen LogP contribution is 2.38. The SMILES string of the molecule is O=C(COc1ccc(F)cc1)N1CCN(C(=O)N2C[C@H]3C[C@H](C2)[C@H]2CCCC(=O)N2C3)CC1. The minimum atomic E-state index is -0.351. The van der Waals surface area contributed by atoms with Crippen LogP contribution in [0.2, 0.25) is 0 Å². The third-order valence-corrected chi connectivity index (χ3v) is 7.53. The monoisotopic (exact) mass is 458 g/mol. The van der Waals surface area contributed by atoms with Gasteiger partial charge in [-0.3, -0.25) is 9.59 Å². The molecule has 1 aromatic rings. The van der Waals surface area contributed by atoms with E-state index in [2.05, 4.69) is 4.90 Å². The highest BCUT2D eigenvalue weighted by molar-refractivity contribution is 5.79. The highest BCUT2D eigenvalue weighted by atomic mass is 19.1. The maximum absolute atomic E-state index is 13.2. The van der Waals surface area contributed by atoms with Crippen LogP contribution >= 0.6 is 0 Å². The van der Waals surface area contributed by atoms with Crippen molar-refractivity contribution < 1.29 is 23.5 Å². The van der Waals surface area contributed by atoms with E-state index in [1.54, 1.807) is 4.90 Å². The molecule has 8 nitrogen and oxygen atoms in total. The molecule has 4 aliphatic heterocycles. The van der Waals surface area contributed by atoms with Gasteiger partial charge >= 0.3 is 6.03 Å². The van der Waals surface area contributed by atoms with E-state index in [9.17, 15) is 18.8 Å². The van der Waals surface area contributed by atoms with E-state index in [1.807, 2.05) is 9.80 Å². The number of carbonyl (C=O) groups is 3. The lowest BCUT2D eigenvalue weighted by molar-refractivity contribution is -0.144. The van der Waals surface area contributed by atoms with Crippen molar-refractivity contribution in [1.82, 2.24) is 19.6 Å². The summed E-state index contributed by atoms with van der Waals surface area (Å²) in [6.07, 6.45) is 3.77. The molecule has 4 saturated heterocycles. The summed E-state index contributed by atoms with van der Waals surface area (Å²) in [6, 6.07) is 5.92. The van der Waals surface area contributed by atoms with E-state index in [0.717, 1.165) is 25.8 Å². The van der Waals surface area contributed by atoms with Gasteiger partial charge in [0.05, 0.1) is 0 Å². The van der Waals surface area contributed by atoms with Crippen LogP contribution in [0.15, 0.2) is 24.3 Å². The van der Waals surface area contributed by atoms with E-state index in [-0.39, 0.29) is 36.3 Å². The molecule has 4 aliphatic rings. The van der Waals surface area contributed by atoms with Crippen LogP contribution in [0.4, 0.5) is 9.18 Å². The fraction of sp³-hybridized carbons (Fsp3) is 0.625. The number of rotatable bonds is 3. The molecule has 0 aromatic heterocycles. The zero-order valence-corrected chi connectivity index (χ0v) is 18.8. The number of urea groups is 1. The minimum Gasteiger partial charge on any atom is -0.484 e. The number of nitrogens with zero attached hydrogens (tertiary/aromatic N) is 4. The quantitative estimate of drug-likeness (QED) is 0.693. The molecule has 5 rings (SSSR count). The van der Waals surface area contributed by atoms with Gasteiger partial charge in [-0.1, -0.05) is 0 Å². The number of likely N-dealkylation sites (tertiary alicyclic amines) is 1. The molecule has 0 aliphatic carbocycles. The van der Waals surface area contributed by atoms with Gasteiger partial charge in [-0.25, -0.2) is 9.18 Å². The normalized spacial score (nSPS) is 27.3. The van der Waals surface area contributed by atoms with Crippen LogP contribution in [0.1, 0.15) is 25.7 Å². The Hall–Kier alpha value is -2.84. The van der Waals surface area contributed by atoms with Crippen molar-refractivity contribution in [2.24, 2.45) is 11.8 Å². The van der Waals surface area contributed by atoms with Gasteiger partial charge in [-0.05, 0) is 55.4 Å². The van der Waals surface area contributed by atoms with E-state index in [1.165, 1.54) is 24.3 Å². The van der Waals surface area contributed by atoms with Gasteiger partial charge in [-0.15, -0.1) is 0 Å². The Kier molecular flexibility index (Phi) is 6.12. The van der Waals surface area contributed by atoms with Crippen LogP contribution < -0.4 is 4.74 Å². The first kappa shape index (κ1) is 22.0. The fourth-order valence-corrected chi connectivity index (χ4v) is 5.88. The zero-order chi connectivity index (χ0) is 22.9. The summed E-state index contributed by atoms with van der Waals surface area (Å²) in [7, 11) is 0. The number of hydrogen-bond donors (Lipinski definition) is 0. The van der Waals surface area contributed by atoms with Crippen molar-refractivity contribution in [3.63, 3.8) is 0 Å². The average Bonchev–Trinajstić information content (AvgIpc) is 2.84. The van der Waals surface area contributed by atoms with Crippen LogP contribution in [0.5, 0.6) is 5.75 Å². The van der Waals surface area contributed by atoms with Gasteiger partial charge in [0.25, 0.3) is 5.91 Å². The molecule has 2 bridgehead atoms. The zero-order valence-electron chi connectivity index (χ0n) is 18.8. The lowest BCUT2D eigenvalue weighted by atomic mass is 9.76. The van der Waals surface area contributed by atoms with Crippen molar-refractivity contribution in [2.75, 3.05) is 52.4 Å². The maximum atomic E-state index is 13.2. The molecule has 33 heavy (non-hydrogen) atoms.